The number of rotatable bonds is 3. The van der Waals surface area contributed by atoms with Crippen LogP contribution in [-0.4, -0.2) is 68.0 Å². The molecule has 29 heavy (non-hydrogen) atoms. The van der Waals surface area contributed by atoms with Crippen LogP contribution in [0.3, 0.4) is 0 Å². The van der Waals surface area contributed by atoms with Gasteiger partial charge in [-0.25, -0.2) is 4.98 Å². The van der Waals surface area contributed by atoms with Crippen LogP contribution in [0.4, 0.5) is 0 Å². The maximum Gasteiger partial charge on any atom is 0.255 e. The molecular formula is C21H26N6O2. The topological polar surface area (TPSA) is 95.1 Å². The van der Waals surface area contributed by atoms with E-state index in [4.69, 9.17) is 0 Å². The zero-order chi connectivity index (χ0) is 20.2. The second-order valence-corrected chi connectivity index (χ2v) is 8.84. The number of aromatic amines is 1. The van der Waals surface area contributed by atoms with Gasteiger partial charge in [0.25, 0.3) is 5.91 Å². The Bertz CT molecular complexity index is 968. The first kappa shape index (κ1) is 18.3. The van der Waals surface area contributed by atoms with Crippen LogP contribution in [0.1, 0.15) is 46.8 Å². The highest BCUT2D eigenvalue weighted by Crippen LogP contribution is 2.45. The summed E-state index contributed by atoms with van der Waals surface area (Å²) in [5, 5.41) is 7.44. The molecule has 2 aliphatic heterocycles. The standard InChI is InChI=1S/C21H26N6O2/c1-13-7-16(9-22-8-13)19(29)26-6-5-21(20-23-14(2)24-25-20)12-27(11-17(21)10-26)18(28)15-3-4-15/h7-9,15,17H,3-6,10-12H2,1-2H3,(H,23,24,25)/t17-,21-/m1/s1. The highest BCUT2D eigenvalue weighted by Gasteiger charge is 2.55. The van der Waals surface area contributed by atoms with Crippen molar-refractivity contribution in [2.45, 2.75) is 38.5 Å². The molecule has 8 nitrogen and oxygen atoms in total. The van der Waals surface area contributed by atoms with Crippen LogP contribution in [-0.2, 0) is 10.2 Å². The van der Waals surface area contributed by atoms with Crippen molar-refractivity contribution in [1.82, 2.24) is 30.0 Å². The number of carbonyl (C=O) groups excluding carboxylic acids is 2. The van der Waals surface area contributed by atoms with Crippen molar-refractivity contribution in [2.24, 2.45) is 11.8 Å². The van der Waals surface area contributed by atoms with E-state index in [0.29, 0.717) is 31.7 Å². The van der Waals surface area contributed by atoms with E-state index in [0.717, 1.165) is 36.5 Å². The number of pyridine rings is 1. The molecule has 2 saturated heterocycles. The Hall–Kier alpha value is -2.77. The molecule has 0 unspecified atom stereocenters. The van der Waals surface area contributed by atoms with Crippen molar-refractivity contribution in [2.75, 3.05) is 26.2 Å². The van der Waals surface area contributed by atoms with Gasteiger partial charge in [0.05, 0.1) is 11.0 Å². The van der Waals surface area contributed by atoms with Gasteiger partial charge in [-0.3, -0.25) is 19.7 Å². The summed E-state index contributed by atoms with van der Waals surface area (Å²) in [6.45, 7) is 6.39. The lowest BCUT2D eigenvalue weighted by atomic mass is 9.71. The first-order chi connectivity index (χ1) is 14.0. The lowest BCUT2D eigenvalue weighted by Gasteiger charge is -2.41. The number of aryl methyl sites for hydroxylation is 2. The minimum atomic E-state index is -0.281. The van der Waals surface area contributed by atoms with E-state index in [1.54, 1.807) is 12.4 Å². The van der Waals surface area contributed by atoms with Crippen molar-refractivity contribution in [1.29, 1.82) is 0 Å². The summed E-state index contributed by atoms with van der Waals surface area (Å²) in [5.74, 6) is 2.16. The molecule has 2 amide bonds. The Balaban J connectivity index is 1.42. The first-order valence-corrected chi connectivity index (χ1v) is 10.4. The fourth-order valence-corrected chi connectivity index (χ4v) is 4.91. The van der Waals surface area contributed by atoms with E-state index in [1.165, 1.54) is 0 Å². The third-order valence-corrected chi connectivity index (χ3v) is 6.65. The fraction of sp³-hybridized carbons (Fsp3) is 0.571. The van der Waals surface area contributed by atoms with E-state index in [2.05, 4.69) is 20.2 Å². The Morgan fingerprint density at radius 3 is 2.66 bits per heavy atom. The highest BCUT2D eigenvalue weighted by atomic mass is 16.2. The summed E-state index contributed by atoms with van der Waals surface area (Å²) in [6, 6.07) is 1.88. The molecule has 0 radical (unpaired) electrons. The van der Waals surface area contributed by atoms with Crippen LogP contribution >= 0.6 is 0 Å². The normalized spacial score (nSPS) is 26.5. The molecule has 4 heterocycles. The van der Waals surface area contributed by atoms with Gasteiger partial charge in [-0.05, 0) is 44.7 Å². The number of piperidine rings is 1. The van der Waals surface area contributed by atoms with Gasteiger partial charge in [0.15, 0.2) is 5.82 Å². The molecule has 0 aromatic carbocycles. The summed E-state index contributed by atoms with van der Waals surface area (Å²) in [4.78, 5) is 38.6. The summed E-state index contributed by atoms with van der Waals surface area (Å²) in [7, 11) is 0. The number of nitrogens with zero attached hydrogens (tertiary/aromatic N) is 5. The molecule has 2 aromatic heterocycles. The molecule has 2 aromatic rings. The monoisotopic (exact) mass is 394 g/mol. The van der Waals surface area contributed by atoms with E-state index >= 15 is 0 Å². The van der Waals surface area contributed by atoms with Crippen molar-refractivity contribution < 1.29 is 9.59 Å². The average Bonchev–Trinajstić information content (AvgIpc) is 3.35. The summed E-state index contributed by atoms with van der Waals surface area (Å²) >= 11 is 0. The van der Waals surface area contributed by atoms with Crippen LogP contribution in [0.25, 0.3) is 0 Å². The minimum absolute atomic E-state index is 0.00735. The lowest BCUT2D eigenvalue weighted by Crippen LogP contribution is -2.51. The first-order valence-electron chi connectivity index (χ1n) is 10.4. The number of aromatic nitrogens is 4. The van der Waals surface area contributed by atoms with Crippen LogP contribution in [0.2, 0.25) is 0 Å². The quantitative estimate of drug-likeness (QED) is 0.851. The third-order valence-electron chi connectivity index (χ3n) is 6.65. The molecule has 5 rings (SSSR count). The van der Waals surface area contributed by atoms with Gasteiger partial charge < -0.3 is 9.80 Å². The van der Waals surface area contributed by atoms with E-state index in [9.17, 15) is 9.59 Å². The van der Waals surface area contributed by atoms with Crippen LogP contribution in [0.15, 0.2) is 18.5 Å². The zero-order valence-electron chi connectivity index (χ0n) is 16.9. The highest BCUT2D eigenvalue weighted by molar-refractivity contribution is 5.94. The number of fused-ring (bicyclic) bond motifs is 1. The minimum Gasteiger partial charge on any atom is -0.341 e. The Labute approximate surface area is 169 Å². The summed E-state index contributed by atoms with van der Waals surface area (Å²) in [6.07, 6.45) is 6.14. The zero-order valence-corrected chi connectivity index (χ0v) is 16.9. The van der Waals surface area contributed by atoms with E-state index in [-0.39, 0.29) is 29.1 Å². The van der Waals surface area contributed by atoms with Gasteiger partial charge in [-0.2, -0.15) is 5.10 Å². The molecule has 0 bridgehead atoms. The molecule has 3 fully saturated rings. The second-order valence-electron chi connectivity index (χ2n) is 8.84. The number of nitrogens with one attached hydrogen (secondary N) is 1. The predicted octanol–water partition coefficient (Wildman–Crippen LogP) is 1.47. The predicted molar refractivity (Wildman–Crippen MR) is 105 cm³/mol. The molecule has 2 atom stereocenters. The Kier molecular flexibility index (Phi) is 4.18. The van der Waals surface area contributed by atoms with Gasteiger partial charge in [0, 0.05) is 50.4 Å². The maximum absolute atomic E-state index is 13.1. The van der Waals surface area contributed by atoms with Crippen molar-refractivity contribution in [3.8, 4) is 0 Å². The van der Waals surface area contributed by atoms with Gasteiger partial charge in [0.2, 0.25) is 5.91 Å². The number of hydrogen-bond acceptors (Lipinski definition) is 5. The van der Waals surface area contributed by atoms with Gasteiger partial charge in [-0.15, -0.1) is 0 Å². The number of likely N-dealkylation sites (tertiary alicyclic amines) is 2. The van der Waals surface area contributed by atoms with Gasteiger partial charge >= 0.3 is 0 Å². The van der Waals surface area contributed by atoms with Crippen molar-refractivity contribution >= 4 is 11.8 Å². The van der Waals surface area contributed by atoms with Crippen LogP contribution < -0.4 is 0 Å². The van der Waals surface area contributed by atoms with Crippen LogP contribution in [0, 0.1) is 25.7 Å². The number of amides is 2. The third kappa shape index (κ3) is 3.10. The Morgan fingerprint density at radius 2 is 1.97 bits per heavy atom. The molecule has 0 spiro atoms. The Morgan fingerprint density at radius 1 is 1.17 bits per heavy atom. The lowest BCUT2D eigenvalue weighted by molar-refractivity contribution is -0.131. The fourth-order valence-electron chi connectivity index (χ4n) is 4.91. The molecule has 1 saturated carbocycles. The smallest absolute Gasteiger partial charge is 0.255 e. The summed E-state index contributed by atoms with van der Waals surface area (Å²) < 4.78 is 0. The number of hydrogen-bond donors (Lipinski definition) is 1. The number of carbonyl (C=O) groups is 2. The summed E-state index contributed by atoms with van der Waals surface area (Å²) in [5.41, 5.74) is 1.31. The molecular weight excluding hydrogens is 368 g/mol. The largest absolute Gasteiger partial charge is 0.341 e. The maximum atomic E-state index is 13.1. The van der Waals surface area contributed by atoms with E-state index < -0.39 is 0 Å². The van der Waals surface area contributed by atoms with E-state index in [1.807, 2.05) is 29.7 Å². The molecule has 8 heteroatoms. The molecule has 1 aliphatic carbocycles. The van der Waals surface area contributed by atoms with Crippen molar-refractivity contribution in [3.63, 3.8) is 0 Å². The second kappa shape index (κ2) is 6.64. The molecule has 1 N–H and O–H groups in total. The number of H-pyrrole nitrogens is 1. The van der Waals surface area contributed by atoms with Gasteiger partial charge in [0.1, 0.15) is 5.82 Å². The van der Waals surface area contributed by atoms with Gasteiger partial charge in [-0.1, -0.05) is 0 Å². The van der Waals surface area contributed by atoms with Crippen LogP contribution in [0.5, 0.6) is 0 Å². The average molecular weight is 394 g/mol. The van der Waals surface area contributed by atoms with Crippen molar-refractivity contribution in [3.05, 3.63) is 41.2 Å². The SMILES string of the molecule is Cc1cncc(C(=O)N2CC[C@@]3(c4n[nH]c(C)n4)CN(C(=O)C4CC4)C[C@H]3C2)c1. The molecule has 152 valence electrons. The molecule has 3 aliphatic rings.